The van der Waals surface area contributed by atoms with Crippen molar-refractivity contribution >= 4 is 68.7 Å². The summed E-state index contributed by atoms with van der Waals surface area (Å²) in [6.45, 7) is 0.343. The molecule has 0 saturated carbocycles. The normalized spacial score (nSPS) is 15.1. The zero-order valence-corrected chi connectivity index (χ0v) is 19.9. The Kier molecular flexibility index (Phi) is 6.83. The van der Waals surface area contributed by atoms with Crippen LogP contribution in [0.25, 0.3) is 6.08 Å². The molecule has 3 aromatic carbocycles. The zero-order chi connectivity index (χ0) is 23.5. The molecule has 1 N–H and O–H groups in total. The fourth-order valence-corrected chi connectivity index (χ4v) is 3.88. The van der Waals surface area contributed by atoms with Crippen molar-refractivity contribution in [2.24, 2.45) is 0 Å². The highest BCUT2D eigenvalue weighted by Gasteiger charge is 2.36. The fourth-order valence-electron chi connectivity index (χ4n) is 3.11. The molecule has 1 fully saturated rings. The van der Waals surface area contributed by atoms with Crippen LogP contribution in [0.15, 0.2) is 76.8 Å². The standard InChI is InChI=1S/C24H15BrCl2N2O4/c25-20-12-15(3-10-21(20)33-13-14-1-4-16(26)5-2-14)11-19-22(30)28-24(32)29(23(19)31)18-8-6-17(27)7-9-18/h1-12H,13H2,(H,28,30,32)/b19-11+. The number of ether oxygens (including phenoxy) is 1. The number of hydrogen-bond acceptors (Lipinski definition) is 4. The first-order chi connectivity index (χ1) is 15.8. The van der Waals surface area contributed by atoms with Gasteiger partial charge in [-0.25, -0.2) is 9.69 Å². The third-order valence-electron chi connectivity index (χ3n) is 4.76. The number of imide groups is 2. The molecule has 1 saturated heterocycles. The summed E-state index contributed by atoms with van der Waals surface area (Å²) in [4.78, 5) is 38.5. The number of rotatable bonds is 5. The van der Waals surface area contributed by atoms with Gasteiger partial charge in [-0.1, -0.05) is 41.4 Å². The number of carbonyl (C=O) groups excluding carboxylic acids is 3. The highest BCUT2D eigenvalue weighted by Crippen LogP contribution is 2.29. The summed E-state index contributed by atoms with van der Waals surface area (Å²) in [5.74, 6) is -0.913. The van der Waals surface area contributed by atoms with Crippen LogP contribution in [0.2, 0.25) is 10.0 Å². The van der Waals surface area contributed by atoms with Gasteiger partial charge in [-0.15, -0.1) is 0 Å². The summed E-state index contributed by atoms with van der Waals surface area (Å²) in [6.07, 6.45) is 1.42. The van der Waals surface area contributed by atoms with E-state index in [1.54, 1.807) is 42.5 Å². The van der Waals surface area contributed by atoms with Gasteiger partial charge in [-0.3, -0.25) is 14.9 Å². The van der Waals surface area contributed by atoms with Crippen molar-refractivity contribution in [2.45, 2.75) is 6.61 Å². The molecule has 4 rings (SSSR count). The molecule has 1 aliphatic heterocycles. The third-order valence-corrected chi connectivity index (χ3v) is 5.88. The number of urea groups is 1. The van der Waals surface area contributed by atoms with Crippen molar-refractivity contribution in [3.05, 3.63) is 97.9 Å². The SMILES string of the molecule is O=C1NC(=O)N(c2ccc(Cl)cc2)C(=O)/C1=C/c1ccc(OCc2ccc(Cl)cc2)c(Br)c1. The Hall–Kier alpha value is -3.13. The molecule has 3 aromatic rings. The molecule has 1 aliphatic rings. The molecule has 0 spiro atoms. The van der Waals surface area contributed by atoms with Crippen LogP contribution < -0.4 is 15.0 Å². The number of halogens is 3. The van der Waals surface area contributed by atoms with Crippen molar-refractivity contribution in [1.82, 2.24) is 5.32 Å². The largest absolute Gasteiger partial charge is 0.488 e. The van der Waals surface area contributed by atoms with Gasteiger partial charge in [-0.2, -0.15) is 0 Å². The summed E-state index contributed by atoms with van der Waals surface area (Å²) in [6, 6.07) is 17.8. The number of nitrogens with one attached hydrogen (secondary N) is 1. The summed E-state index contributed by atoms with van der Waals surface area (Å²) in [5.41, 5.74) is 1.65. The summed E-state index contributed by atoms with van der Waals surface area (Å²) < 4.78 is 6.47. The predicted molar refractivity (Wildman–Crippen MR) is 130 cm³/mol. The lowest BCUT2D eigenvalue weighted by atomic mass is 10.1. The van der Waals surface area contributed by atoms with Gasteiger partial charge >= 0.3 is 6.03 Å². The van der Waals surface area contributed by atoms with Crippen LogP contribution in [0.4, 0.5) is 10.5 Å². The number of hydrogen-bond donors (Lipinski definition) is 1. The van der Waals surface area contributed by atoms with E-state index in [1.165, 1.54) is 18.2 Å². The maximum Gasteiger partial charge on any atom is 0.335 e. The Morgan fingerprint density at radius 3 is 2.18 bits per heavy atom. The Bertz CT molecular complexity index is 1270. The van der Waals surface area contributed by atoms with Crippen LogP contribution >= 0.6 is 39.1 Å². The van der Waals surface area contributed by atoms with E-state index in [9.17, 15) is 14.4 Å². The molecule has 1 heterocycles. The number of nitrogens with zero attached hydrogens (tertiary/aromatic N) is 1. The van der Waals surface area contributed by atoms with Gasteiger partial charge in [-0.05, 0) is 81.7 Å². The number of benzene rings is 3. The maximum absolute atomic E-state index is 13.0. The number of anilines is 1. The van der Waals surface area contributed by atoms with Gasteiger partial charge in [0.05, 0.1) is 10.2 Å². The van der Waals surface area contributed by atoms with Crippen LogP contribution in [0.5, 0.6) is 5.75 Å². The van der Waals surface area contributed by atoms with Gasteiger partial charge in [0.2, 0.25) is 0 Å². The zero-order valence-electron chi connectivity index (χ0n) is 16.8. The first-order valence-electron chi connectivity index (χ1n) is 9.65. The highest BCUT2D eigenvalue weighted by atomic mass is 79.9. The molecule has 9 heteroatoms. The van der Waals surface area contributed by atoms with Crippen molar-refractivity contribution in [3.8, 4) is 5.75 Å². The molecule has 0 radical (unpaired) electrons. The number of carbonyl (C=O) groups is 3. The second kappa shape index (κ2) is 9.79. The lowest BCUT2D eigenvalue weighted by molar-refractivity contribution is -0.122. The average molecular weight is 546 g/mol. The predicted octanol–water partition coefficient (Wildman–Crippen LogP) is 6.00. The van der Waals surface area contributed by atoms with Gasteiger partial charge in [0.15, 0.2) is 0 Å². The molecule has 0 aromatic heterocycles. The Balaban J connectivity index is 1.55. The second-order valence-electron chi connectivity index (χ2n) is 7.04. The van der Waals surface area contributed by atoms with Crippen molar-refractivity contribution in [3.63, 3.8) is 0 Å². The third kappa shape index (κ3) is 5.27. The minimum atomic E-state index is -0.823. The van der Waals surface area contributed by atoms with Gasteiger partial charge in [0.1, 0.15) is 17.9 Å². The number of amides is 4. The monoisotopic (exact) mass is 544 g/mol. The van der Waals surface area contributed by atoms with Crippen LogP contribution in [0.3, 0.4) is 0 Å². The van der Waals surface area contributed by atoms with Crippen molar-refractivity contribution in [1.29, 1.82) is 0 Å². The Morgan fingerprint density at radius 1 is 0.909 bits per heavy atom. The summed E-state index contributed by atoms with van der Waals surface area (Å²) >= 11 is 15.2. The highest BCUT2D eigenvalue weighted by molar-refractivity contribution is 9.10. The molecule has 33 heavy (non-hydrogen) atoms. The van der Waals surface area contributed by atoms with E-state index in [2.05, 4.69) is 21.2 Å². The molecule has 4 amide bonds. The van der Waals surface area contributed by atoms with Crippen LogP contribution in [0.1, 0.15) is 11.1 Å². The lowest BCUT2D eigenvalue weighted by Crippen LogP contribution is -2.54. The van der Waals surface area contributed by atoms with E-state index in [-0.39, 0.29) is 5.57 Å². The molecule has 166 valence electrons. The van der Waals surface area contributed by atoms with E-state index in [0.29, 0.717) is 38.1 Å². The second-order valence-corrected chi connectivity index (χ2v) is 8.77. The first-order valence-corrected chi connectivity index (χ1v) is 11.2. The topological polar surface area (TPSA) is 75.7 Å². The molecular weight excluding hydrogens is 531 g/mol. The van der Waals surface area contributed by atoms with Crippen molar-refractivity contribution in [2.75, 3.05) is 4.90 Å². The molecular formula is C24H15BrCl2N2O4. The van der Waals surface area contributed by atoms with Crippen LogP contribution in [-0.4, -0.2) is 17.8 Å². The van der Waals surface area contributed by atoms with Gasteiger partial charge < -0.3 is 4.74 Å². The molecule has 0 atom stereocenters. The minimum absolute atomic E-state index is 0.175. The quantitative estimate of drug-likeness (QED) is 0.315. The fraction of sp³-hybridized carbons (Fsp3) is 0.0417. The Morgan fingerprint density at radius 2 is 1.55 bits per heavy atom. The lowest BCUT2D eigenvalue weighted by Gasteiger charge is -2.26. The van der Waals surface area contributed by atoms with E-state index in [4.69, 9.17) is 27.9 Å². The molecule has 0 unspecified atom stereocenters. The van der Waals surface area contributed by atoms with E-state index >= 15 is 0 Å². The molecule has 0 bridgehead atoms. The van der Waals surface area contributed by atoms with E-state index < -0.39 is 17.8 Å². The van der Waals surface area contributed by atoms with E-state index in [0.717, 1.165) is 10.5 Å². The Labute approximate surface area is 207 Å². The van der Waals surface area contributed by atoms with Crippen molar-refractivity contribution < 1.29 is 19.1 Å². The first kappa shape index (κ1) is 23.0. The smallest absolute Gasteiger partial charge is 0.335 e. The van der Waals surface area contributed by atoms with Crippen LogP contribution in [-0.2, 0) is 16.2 Å². The number of barbiturate groups is 1. The summed E-state index contributed by atoms with van der Waals surface area (Å²) in [5, 5.41) is 3.30. The average Bonchev–Trinajstić information content (AvgIpc) is 2.78. The maximum atomic E-state index is 13.0. The van der Waals surface area contributed by atoms with Gasteiger partial charge in [0, 0.05) is 10.0 Å². The molecule has 0 aliphatic carbocycles. The van der Waals surface area contributed by atoms with Gasteiger partial charge in [0.25, 0.3) is 11.8 Å². The van der Waals surface area contributed by atoms with E-state index in [1.807, 2.05) is 12.1 Å². The minimum Gasteiger partial charge on any atom is -0.488 e. The van der Waals surface area contributed by atoms with Crippen LogP contribution in [0, 0.1) is 0 Å². The molecule has 6 nitrogen and oxygen atoms in total. The summed E-state index contributed by atoms with van der Waals surface area (Å²) in [7, 11) is 0.